The van der Waals surface area contributed by atoms with Crippen molar-refractivity contribution in [3.8, 4) is 5.75 Å². The molecule has 2 rings (SSSR count). The van der Waals surface area contributed by atoms with Gasteiger partial charge in [-0.1, -0.05) is 23.3 Å². The third-order valence-corrected chi connectivity index (χ3v) is 2.81. The molecule has 0 fully saturated rings. The maximum atomic E-state index is 12.2. The third-order valence-electron chi connectivity index (χ3n) is 2.81. The lowest BCUT2D eigenvalue weighted by atomic mass is 10.1. The summed E-state index contributed by atoms with van der Waals surface area (Å²) in [5.41, 5.74) is 3.55. The molecule has 0 spiro atoms. The highest BCUT2D eigenvalue weighted by Gasteiger charge is 2.07. The molecule has 98 valence electrons. The van der Waals surface area contributed by atoms with Gasteiger partial charge in [0.1, 0.15) is 5.75 Å². The van der Waals surface area contributed by atoms with Gasteiger partial charge in [-0.15, -0.1) is 0 Å². The van der Waals surface area contributed by atoms with Gasteiger partial charge in [0.05, 0.1) is 7.11 Å². The van der Waals surface area contributed by atoms with E-state index in [0.717, 1.165) is 22.6 Å². The van der Waals surface area contributed by atoms with Crippen LogP contribution in [-0.2, 0) is 0 Å². The number of amides is 1. The first-order valence-electron chi connectivity index (χ1n) is 6.12. The second-order valence-electron chi connectivity index (χ2n) is 4.56. The molecule has 3 nitrogen and oxygen atoms in total. The highest BCUT2D eigenvalue weighted by atomic mass is 16.5. The number of aryl methyl sites for hydroxylation is 2. The van der Waals surface area contributed by atoms with Crippen LogP contribution >= 0.6 is 0 Å². The minimum absolute atomic E-state index is 0.111. The molecule has 0 saturated heterocycles. The molecule has 1 N–H and O–H groups in total. The maximum Gasteiger partial charge on any atom is 0.255 e. The molecule has 0 aliphatic carbocycles. The van der Waals surface area contributed by atoms with E-state index in [1.54, 1.807) is 13.2 Å². The zero-order chi connectivity index (χ0) is 13.8. The Hall–Kier alpha value is -2.29. The van der Waals surface area contributed by atoms with Gasteiger partial charge in [0.15, 0.2) is 0 Å². The summed E-state index contributed by atoms with van der Waals surface area (Å²) in [4.78, 5) is 12.2. The van der Waals surface area contributed by atoms with Crippen molar-refractivity contribution in [3.63, 3.8) is 0 Å². The minimum atomic E-state index is -0.111. The Morgan fingerprint density at radius 2 is 1.74 bits per heavy atom. The van der Waals surface area contributed by atoms with E-state index in [4.69, 9.17) is 4.74 Å². The predicted molar refractivity (Wildman–Crippen MR) is 76.9 cm³/mol. The SMILES string of the molecule is COc1cccc(NC(=O)c2cc(C)cc(C)c2)c1. The molecule has 0 atom stereocenters. The van der Waals surface area contributed by atoms with Crippen LogP contribution in [0.1, 0.15) is 21.5 Å². The summed E-state index contributed by atoms with van der Waals surface area (Å²) >= 11 is 0. The lowest BCUT2D eigenvalue weighted by Crippen LogP contribution is -2.12. The summed E-state index contributed by atoms with van der Waals surface area (Å²) in [5.74, 6) is 0.610. The van der Waals surface area contributed by atoms with Gasteiger partial charge in [-0.3, -0.25) is 4.79 Å². The van der Waals surface area contributed by atoms with Crippen molar-refractivity contribution in [2.75, 3.05) is 12.4 Å². The molecule has 0 unspecified atom stereocenters. The van der Waals surface area contributed by atoms with E-state index >= 15 is 0 Å². The molecule has 0 aliphatic rings. The normalized spacial score (nSPS) is 10.1. The monoisotopic (exact) mass is 255 g/mol. The van der Waals surface area contributed by atoms with Gasteiger partial charge >= 0.3 is 0 Å². The van der Waals surface area contributed by atoms with E-state index in [1.807, 2.05) is 50.2 Å². The molecule has 19 heavy (non-hydrogen) atoms. The molecule has 0 bridgehead atoms. The number of rotatable bonds is 3. The van der Waals surface area contributed by atoms with Crippen molar-refractivity contribution in [3.05, 3.63) is 59.2 Å². The van der Waals surface area contributed by atoms with E-state index in [9.17, 15) is 4.79 Å². The average molecular weight is 255 g/mol. The van der Waals surface area contributed by atoms with Gasteiger partial charge in [0.2, 0.25) is 0 Å². The first kappa shape index (κ1) is 13.1. The smallest absolute Gasteiger partial charge is 0.255 e. The van der Waals surface area contributed by atoms with E-state index in [2.05, 4.69) is 5.32 Å². The second-order valence-corrected chi connectivity index (χ2v) is 4.56. The van der Waals surface area contributed by atoms with Crippen LogP contribution in [0.4, 0.5) is 5.69 Å². The Bertz CT molecular complexity index is 585. The first-order valence-corrected chi connectivity index (χ1v) is 6.12. The van der Waals surface area contributed by atoms with Gasteiger partial charge in [0, 0.05) is 17.3 Å². The molecule has 0 saturated carbocycles. The average Bonchev–Trinajstić information content (AvgIpc) is 2.37. The Morgan fingerprint density at radius 3 is 2.37 bits per heavy atom. The summed E-state index contributed by atoms with van der Waals surface area (Å²) in [6.07, 6.45) is 0. The zero-order valence-corrected chi connectivity index (χ0v) is 11.4. The molecular weight excluding hydrogens is 238 g/mol. The molecule has 1 amide bonds. The number of ether oxygens (including phenoxy) is 1. The summed E-state index contributed by atoms with van der Waals surface area (Å²) in [6.45, 7) is 3.96. The minimum Gasteiger partial charge on any atom is -0.497 e. The number of methoxy groups -OCH3 is 1. The van der Waals surface area contributed by atoms with Crippen LogP contribution < -0.4 is 10.1 Å². The number of benzene rings is 2. The van der Waals surface area contributed by atoms with Crippen LogP contribution in [0, 0.1) is 13.8 Å². The van der Waals surface area contributed by atoms with Crippen LogP contribution in [0.3, 0.4) is 0 Å². The van der Waals surface area contributed by atoms with Crippen molar-refractivity contribution in [1.82, 2.24) is 0 Å². The fourth-order valence-electron chi connectivity index (χ4n) is 2.01. The van der Waals surface area contributed by atoms with Crippen LogP contribution in [0.2, 0.25) is 0 Å². The van der Waals surface area contributed by atoms with Crippen molar-refractivity contribution < 1.29 is 9.53 Å². The van der Waals surface area contributed by atoms with Gasteiger partial charge < -0.3 is 10.1 Å². The molecule has 2 aromatic carbocycles. The van der Waals surface area contributed by atoms with Crippen molar-refractivity contribution in [2.24, 2.45) is 0 Å². The fourth-order valence-corrected chi connectivity index (χ4v) is 2.01. The molecule has 0 aromatic heterocycles. The topological polar surface area (TPSA) is 38.3 Å². The standard InChI is InChI=1S/C16H17NO2/c1-11-7-12(2)9-13(8-11)16(18)17-14-5-4-6-15(10-14)19-3/h4-10H,1-3H3,(H,17,18). The molecule has 2 aromatic rings. The lowest BCUT2D eigenvalue weighted by Gasteiger charge is -2.08. The third kappa shape index (κ3) is 3.35. The number of nitrogens with one attached hydrogen (secondary N) is 1. The highest BCUT2D eigenvalue weighted by molar-refractivity contribution is 6.04. The Kier molecular flexibility index (Phi) is 3.85. The molecular formula is C16H17NO2. The Labute approximate surface area is 113 Å². The van der Waals surface area contributed by atoms with Crippen LogP contribution in [0.25, 0.3) is 0 Å². The predicted octanol–water partition coefficient (Wildman–Crippen LogP) is 3.56. The summed E-state index contributed by atoms with van der Waals surface area (Å²) in [7, 11) is 1.60. The second kappa shape index (κ2) is 5.57. The molecule has 0 heterocycles. The molecule has 3 heteroatoms. The van der Waals surface area contributed by atoms with E-state index in [0.29, 0.717) is 5.56 Å². The number of carbonyl (C=O) groups is 1. The number of anilines is 1. The van der Waals surface area contributed by atoms with Crippen LogP contribution in [0.15, 0.2) is 42.5 Å². The van der Waals surface area contributed by atoms with E-state index in [1.165, 1.54) is 0 Å². The number of hydrogen-bond acceptors (Lipinski definition) is 2. The molecule has 0 radical (unpaired) electrons. The largest absolute Gasteiger partial charge is 0.497 e. The number of carbonyl (C=O) groups excluding carboxylic acids is 1. The summed E-state index contributed by atoms with van der Waals surface area (Å²) in [6, 6.07) is 13.1. The molecule has 0 aliphatic heterocycles. The van der Waals surface area contributed by atoms with Gasteiger partial charge in [-0.2, -0.15) is 0 Å². The van der Waals surface area contributed by atoms with Crippen LogP contribution in [-0.4, -0.2) is 13.0 Å². The van der Waals surface area contributed by atoms with Gasteiger partial charge in [0.25, 0.3) is 5.91 Å². The van der Waals surface area contributed by atoms with E-state index < -0.39 is 0 Å². The van der Waals surface area contributed by atoms with E-state index in [-0.39, 0.29) is 5.91 Å². The van der Waals surface area contributed by atoms with Gasteiger partial charge in [-0.25, -0.2) is 0 Å². The highest BCUT2D eigenvalue weighted by Crippen LogP contribution is 2.18. The van der Waals surface area contributed by atoms with Crippen molar-refractivity contribution in [2.45, 2.75) is 13.8 Å². The summed E-state index contributed by atoms with van der Waals surface area (Å²) < 4.78 is 5.13. The fraction of sp³-hybridized carbons (Fsp3) is 0.188. The Morgan fingerprint density at radius 1 is 1.05 bits per heavy atom. The first-order chi connectivity index (χ1) is 9.08. The zero-order valence-electron chi connectivity index (χ0n) is 11.4. The Balaban J connectivity index is 2.20. The lowest BCUT2D eigenvalue weighted by molar-refractivity contribution is 0.102. The van der Waals surface area contributed by atoms with Crippen molar-refractivity contribution >= 4 is 11.6 Å². The number of hydrogen-bond donors (Lipinski definition) is 1. The van der Waals surface area contributed by atoms with Crippen LogP contribution in [0.5, 0.6) is 5.75 Å². The summed E-state index contributed by atoms with van der Waals surface area (Å²) in [5, 5.41) is 2.87. The quantitative estimate of drug-likeness (QED) is 0.910. The van der Waals surface area contributed by atoms with Crippen molar-refractivity contribution in [1.29, 1.82) is 0 Å². The maximum absolute atomic E-state index is 12.2. The van der Waals surface area contributed by atoms with Gasteiger partial charge in [-0.05, 0) is 38.1 Å².